The SMILES string of the molecule is CCNC(c1sccc1C)C1CCCC1(C)C. The molecule has 1 aromatic heterocycles. The van der Waals surface area contributed by atoms with E-state index in [1.54, 1.807) is 4.88 Å². The van der Waals surface area contributed by atoms with Gasteiger partial charge in [0.15, 0.2) is 0 Å². The van der Waals surface area contributed by atoms with E-state index < -0.39 is 0 Å². The van der Waals surface area contributed by atoms with Gasteiger partial charge in [0, 0.05) is 10.9 Å². The second-order valence-corrected chi connectivity index (χ2v) is 6.94. The second-order valence-electron chi connectivity index (χ2n) is 5.99. The molecular formula is C15H25NS. The Balaban J connectivity index is 2.26. The molecule has 1 fully saturated rings. The average Bonchev–Trinajstić information content (AvgIpc) is 2.81. The maximum atomic E-state index is 3.73. The molecule has 96 valence electrons. The standard InChI is InChI=1S/C15H25NS/c1-5-16-13(14-11(2)8-10-17-14)12-7-6-9-15(12,3)4/h8,10,12-13,16H,5-7,9H2,1-4H3. The van der Waals surface area contributed by atoms with Crippen molar-refractivity contribution in [2.45, 2.75) is 53.0 Å². The van der Waals surface area contributed by atoms with E-state index in [1.165, 1.54) is 24.8 Å². The first kappa shape index (κ1) is 13.1. The predicted octanol–water partition coefficient (Wildman–Crippen LogP) is 4.53. The van der Waals surface area contributed by atoms with Crippen LogP contribution in [0.1, 0.15) is 56.5 Å². The lowest BCUT2D eigenvalue weighted by Crippen LogP contribution is -2.33. The van der Waals surface area contributed by atoms with Crippen molar-refractivity contribution in [1.82, 2.24) is 5.32 Å². The Morgan fingerprint density at radius 3 is 2.76 bits per heavy atom. The zero-order valence-corrected chi connectivity index (χ0v) is 12.4. The Bertz CT molecular complexity index is 367. The summed E-state index contributed by atoms with van der Waals surface area (Å²) in [7, 11) is 0. The Morgan fingerprint density at radius 1 is 1.53 bits per heavy atom. The van der Waals surface area contributed by atoms with E-state index in [0.717, 1.165) is 12.5 Å². The molecule has 1 nitrogen and oxygen atoms in total. The largest absolute Gasteiger partial charge is 0.309 e. The van der Waals surface area contributed by atoms with E-state index in [4.69, 9.17) is 0 Å². The van der Waals surface area contributed by atoms with E-state index in [-0.39, 0.29) is 0 Å². The van der Waals surface area contributed by atoms with Gasteiger partial charge in [0.05, 0.1) is 0 Å². The van der Waals surface area contributed by atoms with Gasteiger partial charge < -0.3 is 5.32 Å². The van der Waals surface area contributed by atoms with Gasteiger partial charge in [0.25, 0.3) is 0 Å². The summed E-state index contributed by atoms with van der Waals surface area (Å²) in [5.41, 5.74) is 1.95. The quantitative estimate of drug-likeness (QED) is 0.829. The molecule has 1 aliphatic carbocycles. The number of hydrogen-bond donors (Lipinski definition) is 1. The second kappa shape index (κ2) is 5.11. The first-order valence-corrected chi connectivity index (χ1v) is 7.71. The van der Waals surface area contributed by atoms with E-state index in [2.05, 4.69) is 44.5 Å². The van der Waals surface area contributed by atoms with Crippen LogP contribution in [0.2, 0.25) is 0 Å². The predicted molar refractivity (Wildman–Crippen MR) is 76.6 cm³/mol. The summed E-state index contributed by atoms with van der Waals surface area (Å²) in [5.74, 6) is 0.791. The van der Waals surface area contributed by atoms with E-state index >= 15 is 0 Å². The third-order valence-corrected chi connectivity index (χ3v) is 5.45. The van der Waals surface area contributed by atoms with Gasteiger partial charge in [0.2, 0.25) is 0 Å². The molecule has 0 spiro atoms. The molecule has 0 aliphatic heterocycles. The molecule has 0 aromatic carbocycles. The molecule has 1 aromatic rings. The van der Waals surface area contributed by atoms with Gasteiger partial charge in [-0.25, -0.2) is 0 Å². The van der Waals surface area contributed by atoms with Crippen LogP contribution in [0.3, 0.4) is 0 Å². The van der Waals surface area contributed by atoms with Gasteiger partial charge in [-0.1, -0.05) is 27.2 Å². The zero-order chi connectivity index (χ0) is 12.5. The topological polar surface area (TPSA) is 12.0 Å². The van der Waals surface area contributed by atoms with Crippen LogP contribution in [-0.4, -0.2) is 6.54 Å². The summed E-state index contributed by atoms with van der Waals surface area (Å²) in [5, 5.41) is 5.97. The molecule has 0 radical (unpaired) electrons. The van der Waals surface area contributed by atoms with Crippen molar-refractivity contribution in [3.8, 4) is 0 Å². The highest BCUT2D eigenvalue weighted by Gasteiger charge is 2.40. The average molecular weight is 251 g/mol. The third kappa shape index (κ3) is 2.58. The molecule has 2 heteroatoms. The van der Waals surface area contributed by atoms with Gasteiger partial charge in [0.1, 0.15) is 0 Å². The summed E-state index contributed by atoms with van der Waals surface area (Å²) in [4.78, 5) is 1.56. The third-order valence-electron chi connectivity index (χ3n) is 4.35. The molecule has 0 saturated heterocycles. The van der Waals surface area contributed by atoms with E-state index in [9.17, 15) is 0 Å². The first-order chi connectivity index (χ1) is 8.06. The lowest BCUT2D eigenvalue weighted by atomic mass is 9.76. The minimum Gasteiger partial charge on any atom is -0.309 e. The molecule has 1 saturated carbocycles. The minimum absolute atomic E-state index is 0.489. The van der Waals surface area contributed by atoms with Crippen LogP contribution >= 0.6 is 11.3 Å². The lowest BCUT2D eigenvalue weighted by Gasteiger charge is -2.34. The molecule has 1 heterocycles. The highest BCUT2D eigenvalue weighted by Crippen LogP contribution is 2.49. The Labute approximate surface area is 110 Å². The molecule has 1 N–H and O–H groups in total. The van der Waals surface area contributed by atoms with Crippen molar-refractivity contribution in [3.05, 3.63) is 21.9 Å². The normalized spacial score (nSPS) is 25.1. The van der Waals surface area contributed by atoms with Gasteiger partial charge >= 0.3 is 0 Å². The molecular weight excluding hydrogens is 226 g/mol. The van der Waals surface area contributed by atoms with Crippen LogP contribution < -0.4 is 5.32 Å². The van der Waals surface area contributed by atoms with Crippen LogP contribution in [0.15, 0.2) is 11.4 Å². The van der Waals surface area contributed by atoms with Crippen molar-refractivity contribution < 1.29 is 0 Å². The van der Waals surface area contributed by atoms with Crippen LogP contribution in [0, 0.1) is 18.3 Å². The molecule has 2 unspecified atom stereocenters. The van der Waals surface area contributed by atoms with Crippen molar-refractivity contribution in [1.29, 1.82) is 0 Å². The number of nitrogens with one attached hydrogen (secondary N) is 1. The number of thiophene rings is 1. The van der Waals surface area contributed by atoms with Gasteiger partial charge in [-0.3, -0.25) is 0 Å². The number of aryl methyl sites for hydroxylation is 1. The Hall–Kier alpha value is -0.340. The summed E-state index contributed by atoms with van der Waals surface area (Å²) in [6.07, 6.45) is 4.15. The van der Waals surface area contributed by atoms with Gasteiger partial charge in [-0.15, -0.1) is 11.3 Å². The van der Waals surface area contributed by atoms with E-state index in [0.29, 0.717) is 11.5 Å². The fourth-order valence-electron chi connectivity index (χ4n) is 3.31. The van der Waals surface area contributed by atoms with Crippen molar-refractivity contribution in [2.75, 3.05) is 6.54 Å². The molecule has 0 bridgehead atoms. The molecule has 0 amide bonds. The molecule has 2 atom stereocenters. The van der Waals surface area contributed by atoms with Crippen molar-refractivity contribution in [2.24, 2.45) is 11.3 Å². The monoisotopic (exact) mass is 251 g/mol. The van der Waals surface area contributed by atoms with Crippen LogP contribution in [-0.2, 0) is 0 Å². The molecule has 1 aliphatic rings. The Morgan fingerprint density at radius 2 is 2.29 bits per heavy atom. The zero-order valence-electron chi connectivity index (χ0n) is 11.5. The van der Waals surface area contributed by atoms with Crippen molar-refractivity contribution in [3.63, 3.8) is 0 Å². The minimum atomic E-state index is 0.489. The van der Waals surface area contributed by atoms with Crippen LogP contribution in [0.5, 0.6) is 0 Å². The fourth-order valence-corrected chi connectivity index (χ4v) is 4.38. The summed E-state index contributed by atoms with van der Waals surface area (Å²) in [6.45, 7) is 10.4. The first-order valence-electron chi connectivity index (χ1n) is 6.83. The summed E-state index contributed by atoms with van der Waals surface area (Å²) < 4.78 is 0. The smallest absolute Gasteiger partial charge is 0.0451 e. The maximum absolute atomic E-state index is 3.73. The summed E-state index contributed by atoms with van der Waals surface area (Å²) >= 11 is 1.92. The molecule has 2 rings (SSSR count). The van der Waals surface area contributed by atoms with Gasteiger partial charge in [-0.2, -0.15) is 0 Å². The highest BCUT2D eigenvalue weighted by atomic mass is 32.1. The van der Waals surface area contributed by atoms with E-state index in [1.807, 2.05) is 11.3 Å². The van der Waals surface area contributed by atoms with Crippen molar-refractivity contribution >= 4 is 11.3 Å². The highest BCUT2D eigenvalue weighted by molar-refractivity contribution is 7.10. The maximum Gasteiger partial charge on any atom is 0.0451 e. The molecule has 17 heavy (non-hydrogen) atoms. The number of rotatable bonds is 4. The lowest BCUT2D eigenvalue weighted by molar-refractivity contribution is 0.201. The fraction of sp³-hybridized carbons (Fsp3) is 0.733. The summed E-state index contributed by atoms with van der Waals surface area (Å²) in [6, 6.07) is 2.82. The van der Waals surface area contributed by atoms with Crippen LogP contribution in [0.25, 0.3) is 0 Å². The van der Waals surface area contributed by atoms with Crippen LogP contribution in [0.4, 0.5) is 0 Å². The number of hydrogen-bond acceptors (Lipinski definition) is 2. The van der Waals surface area contributed by atoms with Gasteiger partial charge in [-0.05, 0) is 54.7 Å². The Kier molecular flexibility index (Phi) is 3.94.